The summed E-state index contributed by atoms with van der Waals surface area (Å²) in [7, 11) is 3.84. The second kappa shape index (κ2) is 5.65. The van der Waals surface area contributed by atoms with E-state index in [1.807, 2.05) is 25.1 Å². The summed E-state index contributed by atoms with van der Waals surface area (Å²) in [6, 6.07) is 3.19. The summed E-state index contributed by atoms with van der Waals surface area (Å²) < 4.78 is 19.3. The number of nitrogens with one attached hydrogen (secondary N) is 1. The van der Waals surface area contributed by atoms with Crippen molar-refractivity contribution in [3.05, 3.63) is 29.1 Å². The van der Waals surface area contributed by atoms with Gasteiger partial charge in [-0.2, -0.15) is 0 Å². The van der Waals surface area contributed by atoms with Gasteiger partial charge in [-0.1, -0.05) is 0 Å². The lowest BCUT2D eigenvalue weighted by atomic mass is 10.0. The number of halogens is 1. The number of aromatic hydroxyl groups is 1. The molecule has 1 aromatic rings. The average Bonchev–Trinajstić information content (AvgIpc) is 2.34. The fourth-order valence-corrected chi connectivity index (χ4v) is 2.15. The molecular weight excluding hydrogens is 235 g/mol. The van der Waals surface area contributed by atoms with Gasteiger partial charge in [0.25, 0.3) is 0 Å². The smallest absolute Gasteiger partial charge is 0.165 e. The summed E-state index contributed by atoms with van der Waals surface area (Å²) in [5.41, 5.74) is 1.36. The van der Waals surface area contributed by atoms with Gasteiger partial charge in [-0.25, -0.2) is 4.39 Å². The second-order valence-corrected chi connectivity index (χ2v) is 4.82. The largest absolute Gasteiger partial charge is 0.505 e. The van der Waals surface area contributed by atoms with Crippen molar-refractivity contribution in [3.63, 3.8) is 0 Å². The lowest BCUT2D eigenvalue weighted by Crippen LogP contribution is -2.33. The molecule has 2 N–H and O–H groups in total. The lowest BCUT2D eigenvalue weighted by molar-refractivity contribution is 0.0259. The van der Waals surface area contributed by atoms with Gasteiger partial charge in [0, 0.05) is 25.2 Å². The number of phenols is 1. The van der Waals surface area contributed by atoms with Crippen LogP contribution in [-0.2, 0) is 11.3 Å². The molecule has 2 rings (SSSR count). The third-order valence-corrected chi connectivity index (χ3v) is 2.93. The minimum atomic E-state index is -0.585. The Kier molecular flexibility index (Phi) is 4.16. The zero-order valence-electron chi connectivity index (χ0n) is 10.7. The number of benzene rings is 1. The Bertz CT molecular complexity index is 418. The summed E-state index contributed by atoms with van der Waals surface area (Å²) in [6.07, 6.45) is -0.282. The van der Waals surface area contributed by atoms with Crippen molar-refractivity contribution in [2.75, 3.05) is 33.8 Å². The molecule has 1 saturated heterocycles. The number of ether oxygens (including phenoxy) is 1. The monoisotopic (exact) mass is 254 g/mol. The topological polar surface area (TPSA) is 44.7 Å². The third-order valence-electron chi connectivity index (χ3n) is 2.93. The molecule has 1 fully saturated rings. The predicted molar refractivity (Wildman–Crippen MR) is 67.0 cm³/mol. The Morgan fingerprint density at radius 3 is 2.89 bits per heavy atom. The molecule has 18 heavy (non-hydrogen) atoms. The van der Waals surface area contributed by atoms with Crippen molar-refractivity contribution in [3.8, 4) is 5.75 Å². The van der Waals surface area contributed by atoms with Gasteiger partial charge in [-0.15, -0.1) is 0 Å². The zero-order valence-corrected chi connectivity index (χ0v) is 10.7. The van der Waals surface area contributed by atoms with E-state index in [1.165, 1.54) is 6.07 Å². The molecular formula is C13H19FN2O2. The number of rotatable bonds is 3. The van der Waals surface area contributed by atoms with E-state index in [0.29, 0.717) is 25.3 Å². The minimum Gasteiger partial charge on any atom is -0.505 e. The van der Waals surface area contributed by atoms with Gasteiger partial charge < -0.3 is 20.1 Å². The van der Waals surface area contributed by atoms with Crippen molar-refractivity contribution in [2.24, 2.45) is 0 Å². The molecule has 0 saturated carbocycles. The van der Waals surface area contributed by atoms with Gasteiger partial charge >= 0.3 is 0 Å². The van der Waals surface area contributed by atoms with Crippen LogP contribution in [0.2, 0.25) is 0 Å². The maximum Gasteiger partial charge on any atom is 0.165 e. The maximum absolute atomic E-state index is 13.7. The van der Waals surface area contributed by atoms with Gasteiger partial charge in [0.05, 0.1) is 12.7 Å². The second-order valence-electron chi connectivity index (χ2n) is 4.82. The lowest BCUT2D eigenvalue weighted by Gasteiger charge is -2.25. The molecule has 100 valence electrons. The van der Waals surface area contributed by atoms with Crippen molar-refractivity contribution < 1.29 is 14.2 Å². The van der Waals surface area contributed by atoms with Crippen LogP contribution < -0.4 is 5.32 Å². The van der Waals surface area contributed by atoms with E-state index >= 15 is 0 Å². The number of hydrogen-bond acceptors (Lipinski definition) is 4. The van der Waals surface area contributed by atoms with Crippen LogP contribution in [0.4, 0.5) is 4.39 Å². The summed E-state index contributed by atoms with van der Waals surface area (Å²) >= 11 is 0. The van der Waals surface area contributed by atoms with Gasteiger partial charge in [0.15, 0.2) is 11.6 Å². The Morgan fingerprint density at radius 2 is 2.28 bits per heavy atom. The molecule has 0 spiro atoms. The van der Waals surface area contributed by atoms with Crippen LogP contribution in [0.15, 0.2) is 12.1 Å². The van der Waals surface area contributed by atoms with Crippen LogP contribution in [0.1, 0.15) is 17.2 Å². The highest BCUT2D eigenvalue weighted by Gasteiger charge is 2.22. The third kappa shape index (κ3) is 2.98. The number of nitrogens with zero attached hydrogens (tertiary/aromatic N) is 1. The Balaban J connectivity index is 2.29. The van der Waals surface area contributed by atoms with Gasteiger partial charge in [0.2, 0.25) is 0 Å². The molecule has 1 aliphatic heterocycles. The van der Waals surface area contributed by atoms with Crippen LogP contribution in [0.5, 0.6) is 5.75 Å². The Morgan fingerprint density at radius 1 is 1.50 bits per heavy atom. The molecule has 1 atom stereocenters. The molecule has 1 aliphatic rings. The maximum atomic E-state index is 13.7. The van der Waals surface area contributed by atoms with Gasteiger partial charge in [0.1, 0.15) is 0 Å². The molecule has 1 unspecified atom stereocenters. The molecule has 0 aromatic heterocycles. The van der Waals surface area contributed by atoms with Crippen molar-refractivity contribution in [1.29, 1.82) is 0 Å². The van der Waals surface area contributed by atoms with Crippen molar-refractivity contribution >= 4 is 0 Å². The molecule has 4 nitrogen and oxygen atoms in total. The van der Waals surface area contributed by atoms with Gasteiger partial charge in [-0.3, -0.25) is 0 Å². The first-order chi connectivity index (χ1) is 8.58. The molecule has 0 radical (unpaired) electrons. The van der Waals surface area contributed by atoms with Crippen LogP contribution in [0, 0.1) is 5.82 Å². The highest BCUT2D eigenvalue weighted by Crippen LogP contribution is 2.31. The Labute approximate surface area is 106 Å². The molecule has 1 heterocycles. The van der Waals surface area contributed by atoms with Crippen molar-refractivity contribution in [2.45, 2.75) is 12.6 Å². The first kappa shape index (κ1) is 13.3. The number of morpholine rings is 1. The molecule has 5 heteroatoms. The number of phenolic OH excluding ortho intramolecular Hbond substituents is 1. The van der Waals surface area contributed by atoms with E-state index in [-0.39, 0.29) is 11.9 Å². The van der Waals surface area contributed by atoms with E-state index in [0.717, 1.165) is 12.1 Å². The summed E-state index contributed by atoms with van der Waals surface area (Å²) in [5, 5.41) is 13.0. The summed E-state index contributed by atoms with van der Waals surface area (Å²) in [4.78, 5) is 1.95. The molecule has 0 aliphatic carbocycles. The van der Waals surface area contributed by atoms with E-state index in [4.69, 9.17) is 4.74 Å². The van der Waals surface area contributed by atoms with E-state index in [9.17, 15) is 9.50 Å². The molecule has 0 amide bonds. The first-order valence-electron chi connectivity index (χ1n) is 6.06. The fourth-order valence-electron chi connectivity index (χ4n) is 2.15. The van der Waals surface area contributed by atoms with E-state index < -0.39 is 5.82 Å². The van der Waals surface area contributed by atoms with Crippen LogP contribution >= 0.6 is 0 Å². The highest BCUT2D eigenvalue weighted by molar-refractivity contribution is 5.39. The van der Waals surface area contributed by atoms with E-state index in [2.05, 4.69) is 5.32 Å². The normalized spacial score (nSPS) is 20.3. The van der Waals surface area contributed by atoms with Crippen LogP contribution in [0.25, 0.3) is 0 Å². The molecule has 0 bridgehead atoms. The van der Waals surface area contributed by atoms with Crippen LogP contribution in [0.3, 0.4) is 0 Å². The summed E-state index contributed by atoms with van der Waals surface area (Å²) in [5.74, 6) is -0.885. The SMILES string of the molecule is CN(C)Cc1cc(F)c(O)c(C2CNCCO2)c1. The standard InChI is InChI=1S/C13H19FN2O2/c1-16(2)8-9-5-10(13(17)11(14)6-9)12-7-15-3-4-18-12/h5-6,12,15,17H,3-4,7-8H2,1-2H3. The Hall–Kier alpha value is -1.17. The average molecular weight is 254 g/mol. The zero-order chi connectivity index (χ0) is 13.1. The quantitative estimate of drug-likeness (QED) is 0.852. The minimum absolute atomic E-state index is 0.282. The summed E-state index contributed by atoms with van der Waals surface area (Å²) in [6.45, 7) is 2.59. The predicted octanol–water partition coefficient (Wildman–Crippen LogP) is 1.25. The van der Waals surface area contributed by atoms with Crippen LogP contribution in [-0.4, -0.2) is 43.8 Å². The molecule has 1 aromatic carbocycles. The van der Waals surface area contributed by atoms with Gasteiger partial charge in [-0.05, 0) is 31.8 Å². The highest BCUT2D eigenvalue weighted by atomic mass is 19.1. The first-order valence-corrected chi connectivity index (χ1v) is 6.06. The van der Waals surface area contributed by atoms with E-state index in [1.54, 1.807) is 0 Å². The fraction of sp³-hybridized carbons (Fsp3) is 0.538. The number of hydrogen-bond donors (Lipinski definition) is 2. The van der Waals surface area contributed by atoms with Crippen molar-refractivity contribution in [1.82, 2.24) is 10.2 Å².